The first-order valence-corrected chi connectivity index (χ1v) is 4.43. The van der Waals surface area contributed by atoms with E-state index in [0.717, 1.165) is 0 Å². The fraction of sp³-hybridized carbons (Fsp3) is 0.300. The molecule has 0 spiro atoms. The summed E-state index contributed by atoms with van der Waals surface area (Å²) in [7, 11) is 1.53. The van der Waals surface area contributed by atoms with Gasteiger partial charge in [0, 0.05) is 0 Å². The Kier molecular flexibility index (Phi) is 3.00. The number of nitrogens with zero attached hydrogens (tertiary/aromatic N) is 1. The quantitative estimate of drug-likeness (QED) is 0.813. The van der Waals surface area contributed by atoms with Gasteiger partial charge >= 0.3 is 0 Å². The predicted octanol–water partition coefficient (Wildman–Crippen LogP) is 2.05. The van der Waals surface area contributed by atoms with Crippen molar-refractivity contribution in [3.05, 3.63) is 28.8 Å². The van der Waals surface area contributed by atoms with E-state index in [9.17, 15) is 0 Å². The van der Waals surface area contributed by atoms with Crippen LogP contribution in [0.15, 0.2) is 18.2 Å². The number of nitrogens with two attached hydrogens (primary N) is 1. The van der Waals surface area contributed by atoms with Crippen molar-refractivity contribution in [2.75, 3.05) is 7.11 Å². The fourth-order valence-corrected chi connectivity index (χ4v) is 1.31. The summed E-state index contributed by atoms with van der Waals surface area (Å²) < 4.78 is 4.99. The van der Waals surface area contributed by atoms with Gasteiger partial charge in [0.15, 0.2) is 0 Å². The lowest BCUT2D eigenvalue weighted by molar-refractivity contribution is 0.414. The van der Waals surface area contributed by atoms with Crippen LogP contribution in [-0.2, 0) is 5.54 Å². The topological polar surface area (TPSA) is 59.0 Å². The molecule has 0 aliphatic rings. The van der Waals surface area contributed by atoms with Crippen molar-refractivity contribution in [2.45, 2.75) is 12.5 Å². The maximum atomic E-state index is 8.82. The molecule has 0 aliphatic heterocycles. The number of nitriles is 1. The van der Waals surface area contributed by atoms with Crippen molar-refractivity contribution in [1.29, 1.82) is 5.26 Å². The maximum Gasteiger partial charge on any atom is 0.137 e. The van der Waals surface area contributed by atoms with Crippen molar-refractivity contribution in [2.24, 2.45) is 5.73 Å². The van der Waals surface area contributed by atoms with Gasteiger partial charge in [0.05, 0.1) is 18.2 Å². The van der Waals surface area contributed by atoms with E-state index in [-0.39, 0.29) is 0 Å². The van der Waals surface area contributed by atoms with Crippen molar-refractivity contribution in [3.63, 3.8) is 0 Å². The molecule has 0 aromatic heterocycles. The van der Waals surface area contributed by atoms with E-state index in [1.165, 1.54) is 7.11 Å². The van der Waals surface area contributed by atoms with Crippen LogP contribution in [0.2, 0.25) is 5.02 Å². The third-order valence-corrected chi connectivity index (χ3v) is 2.28. The van der Waals surface area contributed by atoms with E-state index in [0.29, 0.717) is 16.3 Å². The second-order valence-corrected chi connectivity index (χ2v) is 3.57. The van der Waals surface area contributed by atoms with Gasteiger partial charge in [-0.1, -0.05) is 17.7 Å². The highest BCUT2D eigenvalue weighted by Gasteiger charge is 2.21. The molecule has 1 aromatic carbocycles. The number of rotatable bonds is 2. The zero-order valence-electron chi connectivity index (χ0n) is 8.04. The molecule has 0 fully saturated rings. The summed E-state index contributed by atoms with van der Waals surface area (Å²) in [6, 6.07) is 7.07. The van der Waals surface area contributed by atoms with Crippen LogP contribution in [0.25, 0.3) is 0 Å². The molecule has 1 aromatic rings. The summed E-state index contributed by atoms with van der Waals surface area (Å²) in [5.41, 5.74) is 5.39. The first-order chi connectivity index (χ1) is 6.51. The SMILES string of the molecule is COc1ccc(C(C)(N)C#N)cc1Cl. The van der Waals surface area contributed by atoms with Gasteiger partial charge in [0.25, 0.3) is 0 Å². The Morgan fingerprint density at radius 1 is 1.57 bits per heavy atom. The number of benzene rings is 1. The lowest BCUT2D eigenvalue weighted by atomic mass is 9.95. The summed E-state index contributed by atoms with van der Waals surface area (Å²) in [4.78, 5) is 0. The summed E-state index contributed by atoms with van der Waals surface area (Å²) in [6.45, 7) is 1.63. The molecular weight excluding hydrogens is 200 g/mol. The van der Waals surface area contributed by atoms with Crippen molar-refractivity contribution < 1.29 is 4.74 Å². The highest BCUT2D eigenvalue weighted by Crippen LogP contribution is 2.28. The summed E-state index contributed by atoms with van der Waals surface area (Å²) in [5.74, 6) is 0.573. The molecule has 0 heterocycles. The normalized spacial score (nSPS) is 14.2. The van der Waals surface area contributed by atoms with E-state index < -0.39 is 5.54 Å². The number of methoxy groups -OCH3 is 1. The number of hydrogen-bond donors (Lipinski definition) is 1. The third-order valence-electron chi connectivity index (χ3n) is 1.98. The molecule has 4 heteroatoms. The van der Waals surface area contributed by atoms with E-state index in [1.807, 2.05) is 6.07 Å². The van der Waals surface area contributed by atoms with Crippen LogP contribution in [0.1, 0.15) is 12.5 Å². The van der Waals surface area contributed by atoms with Gasteiger partial charge in [0.1, 0.15) is 11.3 Å². The van der Waals surface area contributed by atoms with Gasteiger partial charge in [0.2, 0.25) is 0 Å². The minimum Gasteiger partial charge on any atom is -0.495 e. The molecular formula is C10H11ClN2O. The fourth-order valence-electron chi connectivity index (χ4n) is 1.05. The summed E-state index contributed by atoms with van der Waals surface area (Å²) >= 11 is 5.90. The van der Waals surface area contributed by atoms with Crippen LogP contribution in [0.4, 0.5) is 0 Å². The molecule has 74 valence electrons. The molecule has 0 saturated carbocycles. The third kappa shape index (κ3) is 1.98. The summed E-state index contributed by atoms with van der Waals surface area (Å²) in [6.07, 6.45) is 0. The molecule has 0 aliphatic carbocycles. The molecule has 14 heavy (non-hydrogen) atoms. The Balaban J connectivity index is 3.17. The van der Waals surface area contributed by atoms with Gasteiger partial charge < -0.3 is 10.5 Å². The highest BCUT2D eigenvalue weighted by atomic mass is 35.5. The van der Waals surface area contributed by atoms with Crippen LogP contribution >= 0.6 is 11.6 Å². The zero-order valence-corrected chi connectivity index (χ0v) is 8.80. The van der Waals surface area contributed by atoms with E-state index in [4.69, 9.17) is 27.3 Å². The number of hydrogen-bond acceptors (Lipinski definition) is 3. The largest absolute Gasteiger partial charge is 0.495 e. The molecule has 2 N–H and O–H groups in total. The first-order valence-electron chi connectivity index (χ1n) is 4.05. The van der Waals surface area contributed by atoms with Gasteiger partial charge in [-0.3, -0.25) is 0 Å². The second kappa shape index (κ2) is 3.87. The average molecular weight is 211 g/mol. The van der Waals surface area contributed by atoms with Gasteiger partial charge in [-0.25, -0.2) is 0 Å². The van der Waals surface area contributed by atoms with Crippen LogP contribution in [0.5, 0.6) is 5.75 Å². The van der Waals surface area contributed by atoms with Crippen molar-refractivity contribution in [3.8, 4) is 11.8 Å². The average Bonchev–Trinajstić information content (AvgIpc) is 2.17. The Morgan fingerprint density at radius 2 is 2.21 bits per heavy atom. The lowest BCUT2D eigenvalue weighted by Gasteiger charge is -2.16. The Hall–Kier alpha value is -1.24. The molecule has 0 saturated heterocycles. The van der Waals surface area contributed by atoms with E-state index >= 15 is 0 Å². The minimum atomic E-state index is -1.02. The standard InChI is InChI=1S/C10H11ClN2O/c1-10(13,6-12)7-3-4-9(14-2)8(11)5-7/h3-5H,13H2,1-2H3. The minimum absolute atomic E-state index is 0.455. The monoisotopic (exact) mass is 210 g/mol. The summed E-state index contributed by atoms with van der Waals surface area (Å²) in [5, 5.41) is 9.27. The smallest absolute Gasteiger partial charge is 0.137 e. The molecule has 0 radical (unpaired) electrons. The zero-order chi connectivity index (χ0) is 10.8. The van der Waals surface area contributed by atoms with Gasteiger partial charge in [-0.05, 0) is 24.6 Å². The Bertz CT molecular complexity index is 382. The molecule has 3 nitrogen and oxygen atoms in total. The Labute approximate surface area is 88.0 Å². The highest BCUT2D eigenvalue weighted by molar-refractivity contribution is 6.32. The molecule has 0 bridgehead atoms. The first kappa shape index (κ1) is 10.8. The van der Waals surface area contributed by atoms with Crippen LogP contribution in [0, 0.1) is 11.3 Å². The number of ether oxygens (including phenoxy) is 1. The van der Waals surface area contributed by atoms with Crippen LogP contribution < -0.4 is 10.5 Å². The van der Waals surface area contributed by atoms with Crippen molar-refractivity contribution in [1.82, 2.24) is 0 Å². The number of halogens is 1. The Morgan fingerprint density at radius 3 is 2.64 bits per heavy atom. The maximum absolute atomic E-state index is 8.82. The van der Waals surface area contributed by atoms with Crippen LogP contribution in [0.3, 0.4) is 0 Å². The lowest BCUT2D eigenvalue weighted by Crippen LogP contribution is -2.30. The van der Waals surface area contributed by atoms with Gasteiger partial charge in [-0.2, -0.15) is 5.26 Å². The molecule has 1 rings (SSSR count). The molecule has 1 atom stereocenters. The van der Waals surface area contributed by atoms with E-state index in [1.54, 1.807) is 25.1 Å². The molecule has 0 amide bonds. The van der Waals surface area contributed by atoms with Crippen LogP contribution in [-0.4, -0.2) is 7.11 Å². The predicted molar refractivity (Wildman–Crippen MR) is 55.2 cm³/mol. The van der Waals surface area contributed by atoms with Crippen molar-refractivity contribution >= 4 is 11.6 Å². The molecule has 1 unspecified atom stereocenters. The second-order valence-electron chi connectivity index (χ2n) is 3.16. The van der Waals surface area contributed by atoms with E-state index in [2.05, 4.69) is 0 Å². The van der Waals surface area contributed by atoms with Gasteiger partial charge in [-0.15, -0.1) is 0 Å².